The molecule has 6 heteroatoms. The molecule has 2 amide bonds. The Bertz CT molecular complexity index is 297. The van der Waals surface area contributed by atoms with E-state index in [0.717, 1.165) is 38.8 Å². The van der Waals surface area contributed by atoms with Gasteiger partial charge in [-0.3, -0.25) is 4.79 Å². The lowest BCUT2D eigenvalue weighted by Crippen LogP contribution is -2.40. The van der Waals surface area contributed by atoms with E-state index in [2.05, 4.69) is 16.0 Å². The van der Waals surface area contributed by atoms with Gasteiger partial charge in [0.25, 0.3) is 0 Å². The van der Waals surface area contributed by atoms with Crippen LogP contribution in [0.3, 0.4) is 0 Å². The summed E-state index contributed by atoms with van der Waals surface area (Å²) in [6, 6.07) is -0.201. The molecule has 2 atom stereocenters. The number of hydrogen-bond donors (Lipinski definition) is 4. The number of urea groups is 1. The van der Waals surface area contributed by atoms with Crippen LogP contribution in [0.4, 0.5) is 4.79 Å². The molecule has 0 aromatic rings. The summed E-state index contributed by atoms with van der Waals surface area (Å²) in [4.78, 5) is 22.5. The lowest BCUT2D eigenvalue weighted by Gasteiger charge is -2.16. The third-order valence-corrected chi connectivity index (χ3v) is 3.57. The highest BCUT2D eigenvalue weighted by atomic mass is 16.4. The van der Waals surface area contributed by atoms with Crippen molar-refractivity contribution in [3.05, 3.63) is 0 Å². The lowest BCUT2D eigenvalue weighted by atomic mass is 9.96. The Labute approximate surface area is 114 Å². The Morgan fingerprint density at radius 2 is 2.00 bits per heavy atom. The summed E-state index contributed by atoms with van der Waals surface area (Å²) in [7, 11) is 0. The second-order valence-electron chi connectivity index (χ2n) is 4.98. The quantitative estimate of drug-likeness (QED) is 0.491. The van der Waals surface area contributed by atoms with Crippen LogP contribution in [0.1, 0.15) is 32.6 Å². The Morgan fingerprint density at radius 3 is 2.68 bits per heavy atom. The Hall–Kier alpha value is -1.30. The van der Waals surface area contributed by atoms with E-state index in [1.807, 2.05) is 6.92 Å². The van der Waals surface area contributed by atoms with Gasteiger partial charge in [0.1, 0.15) is 0 Å². The Balaban J connectivity index is 2.11. The van der Waals surface area contributed by atoms with E-state index in [1.165, 1.54) is 0 Å². The average Bonchev–Trinajstić information content (AvgIpc) is 2.84. The van der Waals surface area contributed by atoms with Crippen LogP contribution in [0.2, 0.25) is 0 Å². The van der Waals surface area contributed by atoms with Crippen molar-refractivity contribution in [3.63, 3.8) is 0 Å². The van der Waals surface area contributed by atoms with Crippen LogP contribution in [0.15, 0.2) is 0 Å². The molecule has 2 unspecified atom stereocenters. The molecule has 1 saturated carbocycles. The van der Waals surface area contributed by atoms with Crippen molar-refractivity contribution >= 4 is 12.0 Å². The van der Waals surface area contributed by atoms with Crippen LogP contribution in [0, 0.1) is 11.8 Å². The van der Waals surface area contributed by atoms with Crippen molar-refractivity contribution < 1.29 is 14.7 Å². The predicted octanol–water partition coefficient (Wildman–Crippen LogP) is 0.786. The maximum atomic E-state index is 11.5. The standard InChI is InChI=1S/C13H25N3O3/c1-2-14-7-4-8-15-13(19)16-9-10-5-3-6-11(10)12(17)18/h10-11,14H,2-9H2,1H3,(H,17,18)(H2,15,16,19). The van der Waals surface area contributed by atoms with E-state index in [9.17, 15) is 9.59 Å². The molecule has 0 aliphatic heterocycles. The first-order valence-corrected chi connectivity index (χ1v) is 7.10. The first kappa shape index (κ1) is 15.8. The monoisotopic (exact) mass is 271 g/mol. The molecule has 19 heavy (non-hydrogen) atoms. The minimum absolute atomic E-state index is 0.0741. The largest absolute Gasteiger partial charge is 0.481 e. The summed E-state index contributed by atoms with van der Waals surface area (Å²) < 4.78 is 0. The fraction of sp³-hybridized carbons (Fsp3) is 0.846. The molecule has 0 heterocycles. The van der Waals surface area contributed by atoms with Crippen molar-refractivity contribution in [2.24, 2.45) is 11.8 Å². The zero-order chi connectivity index (χ0) is 14.1. The number of rotatable bonds is 8. The zero-order valence-corrected chi connectivity index (χ0v) is 11.6. The molecule has 0 saturated heterocycles. The summed E-state index contributed by atoms with van der Waals surface area (Å²) in [6.07, 6.45) is 3.44. The number of carbonyl (C=O) groups is 2. The smallest absolute Gasteiger partial charge is 0.314 e. The van der Waals surface area contributed by atoms with Crippen molar-refractivity contribution in [1.29, 1.82) is 0 Å². The third-order valence-electron chi connectivity index (χ3n) is 3.57. The van der Waals surface area contributed by atoms with E-state index in [0.29, 0.717) is 13.1 Å². The fourth-order valence-electron chi connectivity index (χ4n) is 2.48. The maximum absolute atomic E-state index is 11.5. The Morgan fingerprint density at radius 1 is 1.21 bits per heavy atom. The number of aliphatic carboxylic acids is 1. The lowest BCUT2D eigenvalue weighted by molar-refractivity contribution is -0.142. The van der Waals surface area contributed by atoms with Gasteiger partial charge in [0.2, 0.25) is 0 Å². The van der Waals surface area contributed by atoms with Gasteiger partial charge in [-0.15, -0.1) is 0 Å². The van der Waals surface area contributed by atoms with Gasteiger partial charge in [0.15, 0.2) is 0 Å². The summed E-state index contributed by atoms with van der Waals surface area (Å²) in [5.41, 5.74) is 0. The van der Waals surface area contributed by atoms with Crippen molar-refractivity contribution in [1.82, 2.24) is 16.0 Å². The van der Waals surface area contributed by atoms with Crippen LogP contribution in [0.25, 0.3) is 0 Å². The zero-order valence-electron chi connectivity index (χ0n) is 11.6. The molecule has 0 aromatic carbocycles. The minimum Gasteiger partial charge on any atom is -0.481 e. The van der Waals surface area contributed by atoms with Crippen LogP contribution < -0.4 is 16.0 Å². The third kappa shape index (κ3) is 5.92. The molecule has 1 fully saturated rings. The highest BCUT2D eigenvalue weighted by Crippen LogP contribution is 2.31. The number of nitrogens with one attached hydrogen (secondary N) is 3. The van der Waals surface area contributed by atoms with Crippen LogP contribution in [-0.4, -0.2) is 43.3 Å². The molecule has 1 aliphatic rings. The molecular weight excluding hydrogens is 246 g/mol. The highest BCUT2D eigenvalue weighted by Gasteiger charge is 2.32. The number of hydrogen-bond acceptors (Lipinski definition) is 3. The minimum atomic E-state index is -0.740. The van der Waals surface area contributed by atoms with Crippen molar-refractivity contribution in [2.75, 3.05) is 26.2 Å². The molecule has 0 spiro atoms. The molecule has 1 aliphatic carbocycles. The molecular formula is C13H25N3O3. The topological polar surface area (TPSA) is 90.5 Å². The molecule has 0 bridgehead atoms. The van der Waals surface area contributed by atoms with Gasteiger partial charge in [-0.2, -0.15) is 0 Å². The van der Waals surface area contributed by atoms with Gasteiger partial charge in [-0.05, 0) is 38.3 Å². The SMILES string of the molecule is CCNCCCNC(=O)NCC1CCCC1C(=O)O. The Kier molecular flexibility index (Phi) is 7.25. The molecule has 4 N–H and O–H groups in total. The van der Waals surface area contributed by atoms with Crippen LogP contribution >= 0.6 is 0 Å². The first-order chi connectivity index (χ1) is 9.15. The number of carbonyl (C=O) groups excluding carboxylic acids is 1. The predicted molar refractivity (Wildman–Crippen MR) is 73.0 cm³/mol. The number of carboxylic acids is 1. The first-order valence-electron chi connectivity index (χ1n) is 7.10. The molecule has 0 radical (unpaired) electrons. The summed E-state index contributed by atoms with van der Waals surface area (Å²) >= 11 is 0. The molecule has 0 aromatic heterocycles. The van der Waals surface area contributed by atoms with E-state index < -0.39 is 5.97 Å². The van der Waals surface area contributed by atoms with Crippen molar-refractivity contribution in [3.8, 4) is 0 Å². The van der Waals surface area contributed by atoms with Gasteiger partial charge in [-0.25, -0.2) is 4.79 Å². The molecule has 6 nitrogen and oxygen atoms in total. The van der Waals surface area contributed by atoms with Gasteiger partial charge in [-0.1, -0.05) is 13.3 Å². The van der Waals surface area contributed by atoms with Gasteiger partial charge < -0.3 is 21.1 Å². The summed E-state index contributed by atoms with van der Waals surface area (Å²) in [5, 5.41) is 17.8. The van der Waals surface area contributed by atoms with E-state index in [4.69, 9.17) is 5.11 Å². The van der Waals surface area contributed by atoms with Crippen LogP contribution in [0.5, 0.6) is 0 Å². The average molecular weight is 271 g/mol. The van der Waals surface area contributed by atoms with Crippen molar-refractivity contribution in [2.45, 2.75) is 32.6 Å². The van der Waals surface area contributed by atoms with Gasteiger partial charge in [0.05, 0.1) is 5.92 Å². The maximum Gasteiger partial charge on any atom is 0.314 e. The summed E-state index contributed by atoms with van der Waals surface area (Å²) in [6.45, 7) is 4.95. The number of amides is 2. The normalized spacial score (nSPS) is 22.2. The van der Waals surface area contributed by atoms with E-state index in [1.54, 1.807) is 0 Å². The van der Waals surface area contributed by atoms with Gasteiger partial charge in [0, 0.05) is 13.1 Å². The highest BCUT2D eigenvalue weighted by molar-refractivity contribution is 5.74. The van der Waals surface area contributed by atoms with Gasteiger partial charge >= 0.3 is 12.0 Å². The van der Waals surface area contributed by atoms with Crippen LogP contribution in [-0.2, 0) is 4.79 Å². The summed E-state index contributed by atoms with van der Waals surface area (Å²) in [5.74, 6) is -0.964. The second-order valence-corrected chi connectivity index (χ2v) is 4.98. The fourth-order valence-corrected chi connectivity index (χ4v) is 2.48. The van der Waals surface area contributed by atoms with E-state index in [-0.39, 0.29) is 17.9 Å². The molecule has 110 valence electrons. The number of carboxylic acid groups (broad SMARTS) is 1. The van der Waals surface area contributed by atoms with E-state index >= 15 is 0 Å². The second kappa shape index (κ2) is 8.74. The molecule has 1 rings (SSSR count).